The summed E-state index contributed by atoms with van der Waals surface area (Å²) < 4.78 is 0. The van der Waals surface area contributed by atoms with Crippen LogP contribution in [0.4, 0.5) is 5.69 Å². The number of rotatable bonds is 5. The summed E-state index contributed by atoms with van der Waals surface area (Å²) in [6.07, 6.45) is 5.53. The maximum absolute atomic E-state index is 12.4. The van der Waals surface area contributed by atoms with Crippen molar-refractivity contribution in [2.75, 3.05) is 6.54 Å². The summed E-state index contributed by atoms with van der Waals surface area (Å²) in [6.45, 7) is 0.324. The van der Waals surface area contributed by atoms with E-state index in [-0.39, 0.29) is 34.7 Å². The normalized spacial score (nSPS) is 16.3. The van der Waals surface area contributed by atoms with Crippen molar-refractivity contribution in [2.45, 2.75) is 38.1 Å². The average Bonchev–Trinajstić information content (AvgIpc) is 2.52. The van der Waals surface area contributed by atoms with Gasteiger partial charge in [-0.05, 0) is 30.9 Å². The second-order valence-corrected chi connectivity index (χ2v) is 6.07. The van der Waals surface area contributed by atoms with Gasteiger partial charge in [0, 0.05) is 23.7 Å². The molecule has 0 bridgehead atoms. The molecule has 0 saturated heterocycles. The summed E-state index contributed by atoms with van der Waals surface area (Å²) in [7, 11) is 0. The number of nitro groups is 1. The van der Waals surface area contributed by atoms with E-state index in [1.54, 1.807) is 0 Å². The zero-order chi connectivity index (χ0) is 16.1. The molecular weight excluding hydrogens is 341 g/mol. The molecule has 1 unspecified atom stereocenters. The Morgan fingerprint density at radius 1 is 1.39 bits per heavy atom. The molecule has 0 heterocycles. The monoisotopic (exact) mass is 361 g/mol. The Morgan fingerprint density at radius 3 is 2.61 bits per heavy atom. The highest BCUT2D eigenvalue weighted by Gasteiger charge is 2.27. The van der Waals surface area contributed by atoms with Gasteiger partial charge in [0.2, 0.25) is 0 Å². The Hall–Kier alpha value is -1.37. The van der Waals surface area contributed by atoms with Crippen molar-refractivity contribution in [1.29, 1.82) is 0 Å². The van der Waals surface area contributed by atoms with Crippen LogP contribution >= 0.6 is 24.0 Å². The van der Waals surface area contributed by atoms with Gasteiger partial charge in [-0.15, -0.1) is 12.4 Å². The van der Waals surface area contributed by atoms with Crippen LogP contribution < -0.4 is 11.1 Å². The first-order chi connectivity index (χ1) is 10.5. The smallest absolute Gasteiger partial charge is 0.282 e. The van der Waals surface area contributed by atoms with Gasteiger partial charge in [0.15, 0.2) is 0 Å². The van der Waals surface area contributed by atoms with Crippen LogP contribution in [0.25, 0.3) is 0 Å². The lowest BCUT2D eigenvalue weighted by atomic mass is 9.84. The number of halogens is 2. The molecule has 23 heavy (non-hydrogen) atoms. The molecule has 1 fully saturated rings. The van der Waals surface area contributed by atoms with Gasteiger partial charge in [-0.3, -0.25) is 14.9 Å². The molecule has 1 aliphatic carbocycles. The van der Waals surface area contributed by atoms with E-state index in [9.17, 15) is 14.9 Å². The van der Waals surface area contributed by atoms with Crippen LogP contribution in [0.2, 0.25) is 5.02 Å². The van der Waals surface area contributed by atoms with E-state index in [4.69, 9.17) is 17.3 Å². The highest BCUT2D eigenvalue weighted by atomic mass is 35.5. The molecule has 1 aromatic rings. The minimum Gasteiger partial charge on any atom is -0.348 e. The third kappa shape index (κ3) is 5.06. The van der Waals surface area contributed by atoms with Crippen LogP contribution in [0.15, 0.2) is 18.2 Å². The minimum atomic E-state index is -0.580. The first-order valence-corrected chi connectivity index (χ1v) is 7.85. The molecule has 2 rings (SSSR count). The number of amides is 1. The second-order valence-electron chi connectivity index (χ2n) is 5.63. The fourth-order valence-electron chi connectivity index (χ4n) is 3.00. The fraction of sp³-hybridized carbons (Fsp3) is 0.533. The van der Waals surface area contributed by atoms with Gasteiger partial charge in [-0.2, -0.15) is 0 Å². The van der Waals surface area contributed by atoms with E-state index in [1.165, 1.54) is 24.6 Å². The molecule has 1 saturated carbocycles. The molecule has 0 spiro atoms. The maximum atomic E-state index is 12.4. The van der Waals surface area contributed by atoms with E-state index >= 15 is 0 Å². The van der Waals surface area contributed by atoms with Gasteiger partial charge in [-0.1, -0.05) is 30.9 Å². The molecule has 1 aliphatic rings. The van der Waals surface area contributed by atoms with Crippen molar-refractivity contribution < 1.29 is 9.72 Å². The number of nitrogens with two attached hydrogens (primary N) is 1. The van der Waals surface area contributed by atoms with Crippen molar-refractivity contribution in [3.8, 4) is 0 Å². The summed E-state index contributed by atoms with van der Waals surface area (Å²) in [4.78, 5) is 22.9. The molecule has 3 N–H and O–H groups in total. The molecule has 6 nitrogen and oxygen atoms in total. The topological polar surface area (TPSA) is 98.3 Å². The maximum Gasteiger partial charge on any atom is 0.282 e. The molecule has 1 atom stereocenters. The van der Waals surface area contributed by atoms with Crippen LogP contribution in [0.5, 0.6) is 0 Å². The molecule has 8 heteroatoms. The molecular formula is C15H21Cl2N3O3. The van der Waals surface area contributed by atoms with E-state index in [0.717, 1.165) is 25.7 Å². The third-order valence-electron chi connectivity index (χ3n) is 4.19. The van der Waals surface area contributed by atoms with Crippen LogP contribution in [-0.4, -0.2) is 23.4 Å². The number of hydrogen-bond donors (Lipinski definition) is 2. The van der Waals surface area contributed by atoms with Crippen molar-refractivity contribution in [3.05, 3.63) is 38.9 Å². The number of benzene rings is 1. The van der Waals surface area contributed by atoms with Gasteiger partial charge in [0.25, 0.3) is 11.6 Å². The van der Waals surface area contributed by atoms with Gasteiger partial charge >= 0.3 is 0 Å². The number of carbonyl (C=O) groups excluding carboxylic acids is 1. The molecule has 1 aromatic carbocycles. The quantitative estimate of drug-likeness (QED) is 0.620. The van der Waals surface area contributed by atoms with E-state index in [0.29, 0.717) is 12.5 Å². The average molecular weight is 362 g/mol. The van der Waals surface area contributed by atoms with Gasteiger partial charge in [-0.25, -0.2) is 0 Å². The summed E-state index contributed by atoms with van der Waals surface area (Å²) in [6, 6.07) is 3.81. The lowest BCUT2D eigenvalue weighted by Crippen LogP contribution is -2.46. The summed E-state index contributed by atoms with van der Waals surface area (Å²) in [5.74, 6) is -0.156. The highest BCUT2D eigenvalue weighted by Crippen LogP contribution is 2.27. The predicted molar refractivity (Wildman–Crippen MR) is 92.2 cm³/mol. The van der Waals surface area contributed by atoms with Crippen LogP contribution in [-0.2, 0) is 0 Å². The van der Waals surface area contributed by atoms with Gasteiger partial charge in [0.05, 0.1) is 4.92 Å². The Bertz CT molecular complexity index is 563. The fourth-order valence-corrected chi connectivity index (χ4v) is 3.17. The zero-order valence-corrected chi connectivity index (χ0v) is 14.2. The molecule has 0 aromatic heterocycles. The largest absolute Gasteiger partial charge is 0.348 e. The van der Waals surface area contributed by atoms with Crippen molar-refractivity contribution in [2.24, 2.45) is 11.7 Å². The standard InChI is InChI=1S/C15H20ClN3O3.ClH/c16-11-6-7-14(19(21)22)12(8-11)15(20)18-13(9-17)10-4-2-1-3-5-10;/h6-8,10,13H,1-5,9,17H2,(H,18,20);1H. The summed E-state index contributed by atoms with van der Waals surface area (Å²) >= 11 is 5.86. The lowest BCUT2D eigenvalue weighted by molar-refractivity contribution is -0.385. The first kappa shape index (κ1) is 19.7. The number of nitro benzene ring substituents is 1. The van der Waals surface area contributed by atoms with E-state index < -0.39 is 10.8 Å². The first-order valence-electron chi connectivity index (χ1n) is 7.47. The Balaban J connectivity index is 0.00000264. The Labute approximate surface area is 146 Å². The second kappa shape index (κ2) is 9.05. The third-order valence-corrected chi connectivity index (χ3v) is 4.42. The summed E-state index contributed by atoms with van der Waals surface area (Å²) in [5, 5.41) is 14.2. The number of nitrogens with zero attached hydrogens (tertiary/aromatic N) is 1. The zero-order valence-electron chi connectivity index (χ0n) is 12.7. The van der Waals surface area contributed by atoms with Crippen LogP contribution in [0.3, 0.4) is 0 Å². The number of nitrogens with one attached hydrogen (secondary N) is 1. The SMILES string of the molecule is Cl.NCC(NC(=O)c1cc(Cl)ccc1[N+](=O)[O-])C1CCCCC1. The van der Waals surface area contributed by atoms with Gasteiger partial charge in [0.1, 0.15) is 5.56 Å². The van der Waals surface area contributed by atoms with Gasteiger partial charge < -0.3 is 11.1 Å². The number of carbonyl (C=O) groups is 1. The van der Waals surface area contributed by atoms with E-state index in [1.807, 2.05) is 0 Å². The minimum absolute atomic E-state index is 0. The molecule has 128 valence electrons. The van der Waals surface area contributed by atoms with Crippen molar-refractivity contribution in [1.82, 2.24) is 5.32 Å². The molecule has 1 amide bonds. The van der Waals surface area contributed by atoms with Crippen LogP contribution in [0.1, 0.15) is 42.5 Å². The van der Waals surface area contributed by atoms with Crippen molar-refractivity contribution >= 4 is 35.6 Å². The predicted octanol–water partition coefficient (Wildman–Crippen LogP) is 3.31. The highest BCUT2D eigenvalue weighted by molar-refractivity contribution is 6.31. The molecule has 0 radical (unpaired) electrons. The van der Waals surface area contributed by atoms with E-state index in [2.05, 4.69) is 5.32 Å². The lowest BCUT2D eigenvalue weighted by Gasteiger charge is -2.30. The molecule has 0 aliphatic heterocycles. The van der Waals surface area contributed by atoms with Crippen molar-refractivity contribution in [3.63, 3.8) is 0 Å². The van der Waals surface area contributed by atoms with Crippen LogP contribution in [0, 0.1) is 16.0 Å². The summed E-state index contributed by atoms with van der Waals surface area (Å²) in [5.41, 5.74) is 5.51. The Kier molecular flexibility index (Phi) is 7.75. The number of hydrogen-bond acceptors (Lipinski definition) is 4. The Morgan fingerprint density at radius 2 is 2.04 bits per heavy atom.